The Morgan fingerprint density at radius 1 is 1.31 bits per heavy atom. The lowest BCUT2D eigenvalue weighted by Crippen LogP contribution is -2.41. The Morgan fingerprint density at radius 3 is 2.62 bits per heavy atom. The summed E-state index contributed by atoms with van der Waals surface area (Å²) in [5, 5.41) is 3.14. The van der Waals surface area contributed by atoms with E-state index in [1.807, 2.05) is 35.2 Å². The topological polar surface area (TPSA) is 35.6 Å². The maximum Gasteiger partial charge on any atom is 0.323 e. The molecule has 1 aliphatic heterocycles. The van der Waals surface area contributed by atoms with E-state index in [2.05, 4.69) is 5.32 Å². The molecular weight excluding hydrogens is 222 g/mol. The standard InChI is InChI=1S/C11H13N3OS/c1-12-10(15)14-8-7-13(11(14)16)9-5-3-2-4-6-9/h2-6H,7-8H2,1H3,(H,12,15). The molecule has 0 saturated carbocycles. The van der Waals surface area contributed by atoms with Crippen LogP contribution >= 0.6 is 12.2 Å². The third kappa shape index (κ3) is 1.86. The van der Waals surface area contributed by atoms with Crippen LogP contribution in [0, 0.1) is 0 Å². The Kier molecular flexibility index (Phi) is 3.05. The first-order valence-corrected chi connectivity index (χ1v) is 5.50. The molecule has 0 unspecified atom stereocenters. The molecule has 1 N–H and O–H groups in total. The van der Waals surface area contributed by atoms with Crippen molar-refractivity contribution in [1.29, 1.82) is 0 Å². The molecule has 5 heteroatoms. The van der Waals surface area contributed by atoms with Gasteiger partial charge in [0, 0.05) is 25.8 Å². The van der Waals surface area contributed by atoms with Gasteiger partial charge in [-0.3, -0.25) is 4.90 Å². The highest BCUT2D eigenvalue weighted by atomic mass is 32.1. The quantitative estimate of drug-likeness (QED) is 0.748. The Balaban J connectivity index is 2.17. The zero-order valence-electron chi connectivity index (χ0n) is 9.01. The van der Waals surface area contributed by atoms with Crippen LogP contribution in [0.4, 0.5) is 10.5 Å². The lowest BCUT2D eigenvalue weighted by molar-refractivity contribution is 0.226. The number of nitrogens with one attached hydrogen (secondary N) is 1. The van der Waals surface area contributed by atoms with Gasteiger partial charge in [0.2, 0.25) is 0 Å². The van der Waals surface area contributed by atoms with Gasteiger partial charge in [-0.25, -0.2) is 4.79 Å². The number of anilines is 1. The smallest absolute Gasteiger partial charge is 0.323 e. The molecule has 0 spiro atoms. The monoisotopic (exact) mass is 235 g/mol. The molecule has 1 saturated heterocycles. The van der Waals surface area contributed by atoms with Crippen LogP contribution in [0.1, 0.15) is 0 Å². The molecule has 2 amide bonds. The van der Waals surface area contributed by atoms with Gasteiger partial charge in [0.15, 0.2) is 5.11 Å². The second-order valence-corrected chi connectivity index (χ2v) is 3.84. The van der Waals surface area contributed by atoms with Crippen molar-refractivity contribution in [2.45, 2.75) is 0 Å². The molecule has 1 aliphatic rings. The minimum Gasteiger partial charge on any atom is -0.341 e. The van der Waals surface area contributed by atoms with E-state index in [1.165, 1.54) is 0 Å². The van der Waals surface area contributed by atoms with E-state index >= 15 is 0 Å². The fourth-order valence-corrected chi connectivity index (χ4v) is 2.08. The van der Waals surface area contributed by atoms with Gasteiger partial charge < -0.3 is 10.2 Å². The lowest BCUT2D eigenvalue weighted by atomic mass is 10.3. The molecule has 0 aromatic heterocycles. The Morgan fingerprint density at radius 2 is 2.00 bits per heavy atom. The van der Waals surface area contributed by atoms with Crippen LogP contribution in [-0.4, -0.2) is 36.2 Å². The number of hydrogen-bond donors (Lipinski definition) is 1. The van der Waals surface area contributed by atoms with Gasteiger partial charge in [0.05, 0.1) is 0 Å². The molecule has 4 nitrogen and oxygen atoms in total. The second kappa shape index (κ2) is 4.49. The molecule has 2 rings (SSSR count). The molecule has 1 aromatic rings. The number of nitrogens with zero attached hydrogens (tertiary/aromatic N) is 2. The van der Waals surface area contributed by atoms with Crippen molar-refractivity contribution in [3.8, 4) is 0 Å². The number of carbonyl (C=O) groups excluding carboxylic acids is 1. The van der Waals surface area contributed by atoms with Crippen LogP contribution in [0.2, 0.25) is 0 Å². The SMILES string of the molecule is CNC(=O)N1CCN(c2ccccc2)C1=S. The molecular formula is C11H13N3OS. The van der Waals surface area contributed by atoms with Gasteiger partial charge in [0.1, 0.15) is 0 Å². The third-order valence-corrected chi connectivity index (χ3v) is 2.98. The summed E-state index contributed by atoms with van der Waals surface area (Å²) in [5.74, 6) is 0. The van der Waals surface area contributed by atoms with E-state index in [1.54, 1.807) is 11.9 Å². The van der Waals surface area contributed by atoms with Crippen molar-refractivity contribution in [3.05, 3.63) is 30.3 Å². The Bertz CT molecular complexity index is 407. The Hall–Kier alpha value is -1.62. The first-order chi connectivity index (χ1) is 7.74. The molecule has 0 radical (unpaired) electrons. The lowest BCUT2D eigenvalue weighted by Gasteiger charge is -2.20. The zero-order chi connectivity index (χ0) is 11.5. The van der Waals surface area contributed by atoms with Gasteiger partial charge in [-0.2, -0.15) is 0 Å². The number of carbonyl (C=O) groups is 1. The molecule has 0 aliphatic carbocycles. The van der Waals surface area contributed by atoms with Crippen LogP contribution < -0.4 is 10.2 Å². The number of amides is 2. The summed E-state index contributed by atoms with van der Waals surface area (Å²) in [6.45, 7) is 1.38. The van der Waals surface area contributed by atoms with Gasteiger partial charge in [-0.15, -0.1) is 0 Å². The number of urea groups is 1. The van der Waals surface area contributed by atoms with Crippen molar-refractivity contribution in [2.24, 2.45) is 0 Å². The summed E-state index contributed by atoms with van der Waals surface area (Å²) in [7, 11) is 1.61. The van der Waals surface area contributed by atoms with E-state index in [9.17, 15) is 4.79 Å². The number of hydrogen-bond acceptors (Lipinski definition) is 2. The maximum absolute atomic E-state index is 11.5. The van der Waals surface area contributed by atoms with Crippen molar-refractivity contribution < 1.29 is 4.79 Å². The normalized spacial score (nSPS) is 15.4. The first kappa shape index (κ1) is 10.9. The van der Waals surface area contributed by atoms with Crippen molar-refractivity contribution in [3.63, 3.8) is 0 Å². The van der Waals surface area contributed by atoms with E-state index in [4.69, 9.17) is 12.2 Å². The van der Waals surface area contributed by atoms with E-state index < -0.39 is 0 Å². The van der Waals surface area contributed by atoms with Gasteiger partial charge in [-0.1, -0.05) is 18.2 Å². The summed E-state index contributed by atoms with van der Waals surface area (Å²) in [5.41, 5.74) is 1.03. The van der Waals surface area contributed by atoms with Crippen LogP contribution in [0.3, 0.4) is 0 Å². The zero-order valence-corrected chi connectivity index (χ0v) is 9.83. The Labute approximate surface area is 99.8 Å². The summed E-state index contributed by atoms with van der Waals surface area (Å²) in [6, 6.07) is 9.70. The van der Waals surface area contributed by atoms with Crippen LogP contribution in [-0.2, 0) is 0 Å². The maximum atomic E-state index is 11.5. The summed E-state index contributed by atoms with van der Waals surface area (Å²) in [4.78, 5) is 15.0. The minimum absolute atomic E-state index is 0.150. The molecule has 1 heterocycles. The highest BCUT2D eigenvalue weighted by molar-refractivity contribution is 7.80. The van der Waals surface area contributed by atoms with E-state index in [-0.39, 0.29) is 6.03 Å². The molecule has 1 fully saturated rings. The summed E-state index contributed by atoms with van der Waals surface area (Å²) >= 11 is 5.28. The molecule has 0 atom stereocenters. The molecule has 0 bridgehead atoms. The second-order valence-electron chi connectivity index (χ2n) is 3.48. The average molecular weight is 235 g/mol. The molecule has 84 valence electrons. The average Bonchev–Trinajstić information content (AvgIpc) is 2.71. The van der Waals surface area contributed by atoms with Crippen LogP contribution in [0.15, 0.2) is 30.3 Å². The van der Waals surface area contributed by atoms with Crippen molar-refractivity contribution in [1.82, 2.24) is 10.2 Å². The molecule has 16 heavy (non-hydrogen) atoms. The van der Waals surface area contributed by atoms with Crippen LogP contribution in [0.25, 0.3) is 0 Å². The van der Waals surface area contributed by atoms with Gasteiger partial charge >= 0.3 is 6.03 Å². The van der Waals surface area contributed by atoms with Gasteiger partial charge in [-0.05, 0) is 24.4 Å². The number of benzene rings is 1. The van der Waals surface area contributed by atoms with Crippen LogP contribution in [0.5, 0.6) is 0 Å². The fourth-order valence-electron chi connectivity index (χ4n) is 1.71. The largest absolute Gasteiger partial charge is 0.341 e. The summed E-state index contributed by atoms with van der Waals surface area (Å²) < 4.78 is 0. The highest BCUT2D eigenvalue weighted by Crippen LogP contribution is 2.19. The van der Waals surface area contributed by atoms with Crippen molar-refractivity contribution >= 4 is 29.0 Å². The third-order valence-electron chi connectivity index (χ3n) is 2.54. The predicted molar refractivity (Wildman–Crippen MR) is 67.5 cm³/mol. The molecule has 1 aromatic carbocycles. The summed E-state index contributed by atoms with van der Waals surface area (Å²) in [6.07, 6.45) is 0. The van der Waals surface area contributed by atoms with Crippen molar-refractivity contribution in [2.75, 3.05) is 25.0 Å². The van der Waals surface area contributed by atoms with Gasteiger partial charge in [0.25, 0.3) is 0 Å². The predicted octanol–water partition coefficient (Wildman–Crippen LogP) is 1.43. The minimum atomic E-state index is -0.150. The first-order valence-electron chi connectivity index (χ1n) is 5.10. The number of thiocarbonyl (C=S) groups is 1. The van der Waals surface area contributed by atoms with E-state index in [0.717, 1.165) is 12.2 Å². The number of rotatable bonds is 1. The highest BCUT2D eigenvalue weighted by Gasteiger charge is 2.29. The fraction of sp³-hybridized carbons (Fsp3) is 0.273. The number of para-hydroxylation sites is 1. The van der Waals surface area contributed by atoms with E-state index in [0.29, 0.717) is 11.7 Å².